The molecule has 11 rings (SSSR count). The van der Waals surface area contributed by atoms with Crippen molar-refractivity contribution < 1.29 is 33.3 Å². The van der Waals surface area contributed by atoms with Crippen LogP contribution < -0.4 is 4.74 Å². The van der Waals surface area contributed by atoms with Crippen LogP contribution in [0.4, 0.5) is 0 Å². The number of imide groups is 1. The number of hydrogen-bond acceptors (Lipinski definition) is 7. The van der Waals surface area contributed by atoms with Gasteiger partial charge in [-0.25, -0.2) is 0 Å². The van der Waals surface area contributed by atoms with Crippen LogP contribution in [0, 0.1) is 0 Å². The molecule has 1 fully saturated rings. The second-order valence-electron chi connectivity index (χ2n) is 16.5. The number of rotatable bonds is 13. The Labute approximate surface area is 369 Å². The number of hydrogen-bond donors (Lipinski definition) is 1. The van der Waals surface area contributed by atoms with Crippen molar-refractivity contribution in [2.45, 2.75) is 51.0 Å². The van der Waals surface area contributed by atoms with Gasteiger partial charge in [-0.3, -0.25) is 14.5 Å². The second kappa shape index (κ2) is 16.9. The summed E-state index contributed by atoms with van der Waals surface area (Å²) in [6, 6.07) is 54.0. The summed E-state index contributed by atoms with van der Waals surface area (Å²) < 4.78 is 36.3. The predicted molar refractivity (Wildman–Crippen MR) is 246 cm³/mol. The molecule has 4 atom stereocenters. The lowest BCUT2D eigenvalue weighted by Crippen LogP contribution is -2.54. The smallest absolute Gasteiger partial charge is 0.262 e. The number of amides is 2. The quantitative estimate of drug-likeness (QED) is 0.115. The lowest BCUT2D eigenvalue weighted by atomic mass is 9.96. The molecular weight excluding hydrogens is 803 g/mol. The van der Waals surface area contributed by atoms with Gasteiger partial charge in [0.05, 0.1) is 59.6 Å². The van der Waals surface area contributed by atoms with E-state index in [1.54, 1.807) is 7.05 Å². The first-order valence-electron chi connectivity index (χ1n) is 21.6. The number of H-pyrrole nitrogens is 1. The molecule has 2 amide bonds. The van der Waals surface area contributed by atoms with Gasteiger partial charge in [0.1, 0.15) is 30.7 Å². The van der Waals surface area contributed by atoms with Crippen LogP contribution in [0.25, 0.3) is 43.6 Å². The maximum atomic E-state index is 14.4. The number of carbonyl (C=O) groups excluding carboxylic acids is 2. The molecule has 0 unspecified atom stereocenters. The van der Waals surface area contributed by atoms with E-state index in [9.17, 15) is 9.59 Å². The van der Waals surface area contributed by atoms with Crippen LogP contribution >= 0.6 is 0 Å². The number of para-hydroxylation sites is 1. The van der Waals surface area contributed by atoms with Gasteiger partial charge in [0, 0.05) is 34.7 Å². The minimum atomic E-state index is -0.772. The van der Waals surface area contributed by atoms with Crippen LogP contribution in [0.3, 0.4) is 0 Å². The van der Waals surface area contributed by atoms with Gasteiger partial charge >= 0.3 is 0 Å². The largest absolute Gasteiger partial charge is 0.489 e. The summed E-state index contributed by atoms with van der Waals surface area (Å²) in [6.07, 6.45) is -2.60. The molecule has 0 radical (unpaired) electrons. The molecule has 4 heterocycles. The Morgan fingerprint density at radius 1 is 0.578 bits per heavy atom. The van der Waals surface area contributed by atoms with Crippen LogP contribution in [0.15, 0.2) is 164 Å². The Kier molecular flexibility index (Phi) is 10.5. The molecule has 0 aliphatic carbocycles. The number of benzene rings is 7. The minimum Gasteiger partial charge on any atom is -0.489 e. The van der Waals surface area contributed by atoms with E-state index < -0.39 is 24.5 Å². The van der Waals surface area contributed by atoms with E-state index in [4.69, 9.17) is 23.7 Å². The third kappa shape index (κ3) is 7.10. The summed E-state index contributed by atoms with van der Waals surface area (Å²) in [5, 5.41) is 2.94. The summed E-state index contributed by atoms with van der Waals surface area (Å²) in [5.74, 6) is -0.0348. The lowest BCUT2D eigenvalue weighted by Gasteiger charge is -2.43. The number of carbonyl (C=O) groups is 2. The number of ether oxygens (including phenoxy) is 5. The minimum absolute atomic E-state index is 0.194. The first kappa shape index (κ1) is 39.7. The van der Waals surface area contributed by atoms with Crippen LogP contribution in [-0.2, 0) is 45.4 Å². The molecule has 7 aromatic carbocycles. The Hall–Kier alpha value is -7.08. The van der Waals surface area contributed by atoms with E-state index in [1.165, 1.54) is 4.90 Å². The highest BCUT2D eigenvalue weighted by molar-refractivity contribution is 6.39. The topological polar surface area (TPSA) is 104 Å². The highest BCUT2D eigenvalue weighted by Crippen LogP contribution is 2.48. The zero-order chi connectivity index (χ0) is 43.1. The zero-order valence-electron chi connectivity index (χ0n) is 35.2. The molecular formula is C54H45N3O7. The molecule has 318 valence electrons. The van der Waals surface area contributed by atoms with Crippen molar-refractivity contribution in [3.8, 4) is 5.75 Å². The Bertz CT molecular complexity index is 3150. The van der Waals surface area contributed by atoms with Gasteiger partial charge in [-0.05, 0) is 40.5 Å². The normalized spacial score (nSPS) is 18.7. The van der Waals surface area contributed by atoms with E-state index in [0.717, 1.165) is 49.6 Å². The summed E-state index contributed by atoms with van der Waals surface area (Å²) in [5.41, 5.74) is 7.83. The maximum Gasteiger partial charge on any atom is 0.262 e. The molecule has 2 aliphatic heterocycles. The first-order valence-corrected chi connectivity index (χ1v) is 21.6. The highest BCUT2D eigenvalue weighted by Gasteiger charge is 2.47. The van der Waals surface area contributed by atoms with Gasteiger partial charge in [0.2, 0.25) is 0 Å². The molecule has 0 bridgehead atoms. The molecule has 0 saturated carbocycles. The van der Waals surface area contributed by atoms with E-state index >= 15 is 0 Å². The Morgan fingerprint density at radius 3 is 1.73 bits per heavy atom. The molecule has 0 spiro atoms. The summed E-state index contributed by atoms with van der Waals surface area (Å²) in [6.45, 7) is 1.54. The standard InChI is InChI=1S/C54H45N3O7/c1-56-52(58)46-44-39-27-26-38(60-29-34-16-6-2-7-17-34)28-41(39)55-48(44)49-45(47(46)53(56)59)40-24-14-15-25-42(40)57(49)54-51(63-32-37-22-12-5-13-23-37)50(62-31-36-20-10-4-11-21-36)43(33-64-54)61-30-35-18-8-3-9-19-35/h2-28,43,50-51,54-55H,29-33H2,1H3/t43-,50-,51-,54-/m1/s1. The third-order valence-corrected chi connectivity index (χ3v) is 12.5. The SMILES string of the molecule is CN1C(=O)c2c(c3c4ccccc4n([C@@H]4OC[C@@H](OCc5ccccc5)[C@@H](OCc5ccccc5)[C@H]4OCc4ccccc4)c3c3[nH]c4cc(OCc5ccccc5)ccc4c23)C1=O. The van der Waals surface area contributed by atoms with Crippen LogP contribution in [-0.4, -0.2) is 58.2 Å². The van der Waals surface area contributed by atoms with Crippen molar-refractivity contribution in [1.82, 2.24) is 14.5 Å². The summed E-state index contributed by atoms with van der Waals surface area (Å²) in [7, 11) is 1.55. The van der Waals surface area contributed by atoms with E-state index in [2.05, 4.69) is 9.55 Å². The fraction of sp³-hybridized carbons (Fsp3) is 0.185. The van der Waals surface area contributed by atoms with Gasteiger partial charge in [-0.2, -0.15) is 0 Å². The van der Waals surface area contributed by atoms with Crippen LogP contribution in [0.1, 0.15) is 49.2 Å². The third-order valence-electron chi connectivity index (χ3n) is 12.5. The van der Waals surface area contributed by atoms with Crippen molar-refractivity contribution in [3.63, 3.8) is 0 Å². The zero-order valence-corrected chi connectivity index (χ0v) is 35.2. The molecule has 64 heavy (non-hydrogen) atoms. The molecule has 2 aromatic heterocycles. The molecule has 2 aliphatic rings. The Morgan fingerprint density at radius 2 is 1.11 bits per heavy atom. The van der Waals surface area contributed by atoms with Crippen molar-refractivity contribution in [3.05, 3.63) is 197 Å². The number of fused-ring (bicyclic) bond motifs is 10. The first-order chi connectivity index (χ1) is 31.5. The van der Waals surface area contributed by atoms with Gasteiger partial charge in [-0.1, -0.05) is 140 Å². The average molecular weight is 848 g/mol. The predicted octanol–water partition coefficient (Wildman–Crippen LogP) is 10.5. The van der Waals surface area contributed by atoms with Gasteiger partial charge in [-0.15, -0.1) is 0 Å². The molecule has 1 N–H and O–H groups in total. The number of nitrogens with one attached hydrogen (secondary N) is 1. The van der Waals surface area contributed by atoms with Crippen molar-refractivity contribution in [1.29, 1.82) is 0 Å². The maximum absolute atomic E-state index is 14.4. The number of aromatic nitrogens is 2. The van der Waals surface area contributed by atoms with E-state index in [0.29, 0.717) is 53.0 Å². The van der Waals surface area contributed by atoms with Gasteiger partial charge < -0.3 is 33.2 Å². The average Bonchev–Trinajstić information content (AvgIpc) is 3.96. The van der Waals surface area contributed by atoms with Crippen molar-refractivity contribution in [2.24, 2.45) is 0 Å². The monoisotopic (exact) mass is 847 g/mol. The molecule has 10 heteroatoms. The summed E-state index contributed by atoms with van der Waals surface area (Å²) >= 11 is 0. The fourth-order valence-corrected chi connectivity index (χ4v) is 9.39. The molecule has 10 nitrogen and oxygen atoms in total. The lowest BCUT2D eigenvalue weighted by molar-refractivity contribution is -0.254. The van der Waals surface area contributed by atoms with Gasteiger partial charge in [0.25, 0.3) is 11.8 Å². The Balaban J connectivity index is 1.10. The van der Waals surface area contributed by atoms with E-state index in [-0.39, 0.29) is 25.0 Å². The van der Waals surface area contributed by atoms with Crippen molar-refractivity contribution in [2.75, 3.05) is 13.7 Å². The van der Waals surface area contributed by atoms with Crippen LogP contribution in [0.2, 0.25) is 0 Å². The van der Waals surface area contributed by atoms with E-state index in [1.807, 2.05) is 164 Å². The second-order valence-corrected chi connectivity index (χ2v) is 16.5. The van der Waals surface area contributed by atoms with Gasteiger partial charge in [0.15, 0.2) is 6.23 Å². The molecule has 1 saturated heterocycles. The summed E-state index contributed by atoms with van der Waals surface area (Å²) in [4.78, 5) is 33.6. The molecule has 9 aromatic rings. The highest BCUT2D eigenvalue weighted by atomic mass is 16.6. The fourth-order valence-electron chi connectivity index (χ4n) is 9.39. The number of aromatic amines is 1. The van der Waals surface area contributed by atoms with Crippen LogP contribution in [0.5, 0.6) is 5.75 Å². The number of nitrogens with zero attached hydrogens (tertiary/aromatic N) is 2. The van der Waals surface area contributed by atoms with Crippen molar-refractivity contribution >= 4 is 55.4 Å².